The smallest absolute Gasteiger partial charge is 0.295 e. The summed E-state index contributed by atoms with van der Waals surface area (Å²) in [6, 6.07) is 5.59. The lowest BCUT2D eigenvalue weighted by atomic mass is 9.96. The number of methoxy groups -OCH3 is 3. The Morgan fingerprint density at radius 3 is 2.55 bits per heavy atom. The van der Waals surface area contributed by atoms with Gasteiger partial charge in [-0.3, -0.25) is 14.6 Å². The summed E-state index contributed by atoms with van der Waals surface area (Å²) in [5.41, 5.74) is 0.728. The Bertz CT molecular complexity index is 1010. The molecule has 164 valence electrons. The van der Waals surface area contributed by atoms with Crippen molar-refractivity contribution in [1.82, 2.24) is 9.88 Å². The maximum absolute atomic E-state index is 13.0. The third-order valence-electron chi connectivity index (χ3n) is 5.02. The SMILES string of the molecule is COCCCN1C(=O)C(=O)/C(=C(/O)c2cc(OC)c(Cl)cc2OC)C1c1cccnc1. The molecule has 1 atom stereocenters. The van der Waals surface area contributed by atoms with Crippen LogP contribution in [0.5, 0.6) is 11.5 Å². The molecule has 2 aromatic rings. The molecule has 1 aliphatic heterocycles. The van der Waals surface area contributed by atoms with Crippen molar-refractivity contribution in [3.05, 3.63) is 58.4 Å². The number of carbonyl (C=O) groups excluding carboxylic acids is 2. The molecule has 1 aliphatic rings. The van der Waals surface area contributed by atoms with Gasteiger partial charge in [0.25, 0.3) is 11.7 Å². The van der Waals surface area contributed by atoms with E-state index >= 15 is 0 Å². The van der Waals surface area contributed by atoms with E-state index in [1.54, 1.807) is 31.6 Å². The van der Waals surface area contributed by atoms with E-state index in [1.807, 2.05) is 0 Å². The van der Waals surface area contributed by atoms with E-state index in [-0.39, 0.29) is 40.0 Å². The number of rotatable bonds is 8. The highest BCUT2D eigenvalue weighted by atomic mass is 35.5. The van der Waals surface area contributed by atoms with Crippen LogP contribution in [0.15, 0.2) is 42.2 Å². The number of aliphatic hydroxyl groups excluding tert-OH is 1. The largest absolute Gasteiger partial charge is 0.507 e. The lowest BCUT2D eigenvalue weighted by Crippen LogP contribution is -2.31. The minimum absolute atomic E-state index is 0.0573. The second-order valence-corrected chi connectivity index (χ2v) is 7.22. The van der Waals surface area contributed by atoms with E-state index in [1.165, 1.54) is 31.3 Å². The summed E-state index contributed by atoms with van der Waals surface area (Å²) in [5, 5.41) is 11.5. The molecular formula is C22H23ClN2O6. The standard InChI is InChI=1S/C22H23ClN2O6/c1-29-9-5-8-25-19(13-6-4-7-24-12-13)18(21(27)22(25)28)20(26)14-10-17(31-3)15(23)11-16(14)30-2/h4,6-7,10-12,19,26H,5,8-9H2,1-3H3/b20-18+. The zero-order valence-corrected chi connectivity index (χ0v) is 18.2. The fourth-order valence-electron chi connectivity index (χ4n) is 3.56. The van der Waals surface area contributed by atoms with Crippen molar-refractivity contribution >= 4 is 29.1 Å². The molecule has 0 spiro atoms. The molecule has 8 nitrogen and oxygen atoms in total. The Morgan fingerprint density at radius 2 is 1.94 bits per heavy atom. The fraction of sp³-hybridized carbons (Fsp3) is 0.318. The summed E-state index contributed by atoms with van der Waals surface area (Å²) in [6.07, 6.45) is 3.68. The maximum atomic E-state index is 13.0. The van der Waals surface area contributed by atoms with E-state index in [2.05, 4.69) is 4.98 Å². The monoisotopic (exact) mass is 446 g/mol. The van der Waals surface area contributed by atoms with Crippen molar-refractivity contribution < 1.29 is 28.9 Å². The van der Waals surface area contributed by atoms with Crippen LogP contribution in [0.4, 0.5) is 0 Å². The number of hydrogen-bond acceptors (Lipinski definition) is 7. The first kappa shape index (κ1) is 22.6. The van der Waals surface area contributed by atoms with Gasteiger partial charge in [-0.15, -0.1) is 0 Å². The molecule has 1 saturated heterocycles. The van der Waals surface area contributed by atoms with Gasteiger partial charge in [0.05, 0.1) is 36.4 Å². The number of aliphatic hydroxyl groups is 1. The molecule has 1 fully saturated rings. The summed E-state index contributed by atoms with van der Waals surface area (Å²) in [5.74, 6) is -1.35. The first-order chi connectivity index (χ1) is 14.9. The predicted octanol–water partition coefficient (Wildman–Crippen LogP) is 3.21. The van der Waals surface area contributed by atoms with Gasteiger partial charge in [-0.2, -0.15) is 0 Å². The minimum atomic E-state index is -0.808. The predicted molar refractivity (Wildman–Crippen MR) is 114 cm³/mol. The lowest BCUT2D eigenvalue weighted by molar-refractivity contribution is -0.140. The number of pyridine rings is 1. The average Bonchev–Trinajstić information content (AvgIpc) is 3.04. The van der Waals surface area contributed by atoms with Gasteiger partial charge in [-0.1, -0.05) is 17.7 Å². The molecule has 1 N–H and O–H groups in total. The Kier molecular flexibility index (Phi) is 7.14. The number of halogens is 1. The van der Waals surface area contributed by atoms with Gasteiger partial charge in [0.15, 0.2) is 0 Å². The van der Waals surface area contributed by atoms with Gasteiger partial charge in [0.2, 0.25) is 0 Å². The van der Waals surface area contributed by atoms with Crippen LogP contribution in [0, 0.1) is 0 Å². The van der Waals surface area contributed by atoms with Crippen LogP contribution in [0.2, 0.25) is 5.02 Å². The molecule has 1 aromatic carbocycles. The number of aromatic nitrogens is 1. The van der Waals surface area contributed by atoms with Crippen molar-refractivity contribution in [2.75, 3.05) is 34.5 Å². The zero-order valence-electron chi connectivity index (χ0n) is 17.4. The first-order valence-electron chi connectivity index (χ1n) is 9.53. The summed E-state index contributed by atoms with van der Waals surface area (Å²) in [4.78, 5) is 31.4. The molecule has 1 aromatic heterocycles. The highest BCUT2D eigenvalue weighted by molar-refractivity contribution is 6.46. The summed E-state index contributed by atoms with van der Waals surface area (Å²) >= 11 is 6.16. The van der Waals surface area contributed by atoms with Crippen LogP contribution in [0.1, 0.15) is 23.6 Å². The van der Waals surface area contributed by atoms with Gasteiger partial charge in [0.1, 0.15) is 17.3 Å². The summed E-state index contributed by atoms with van der Waals surface area (Å²) in [6.45, 7) is 0.695. The van der Waals surface area contributed by atoms with Crippen LogP contribution < -0.4 is 9.47 Å². The van der Waals surface area contributed by atoms with Crippen molar-refractivity contribution in [3.8, 4) is 11.5 Å². The lowest BCUT2D eigenvalue weighted by Gasteiger charge is -2.25. The Hall–Kier alpha value is -3.10. The van der Waals surface area contributed by atoms with Crippen LogP contribution >= 0.6 is 11.6 Å². The topological polar surface area (TPSA) is 98.2 Å². The van der Waals surface area contributed by atoms with Crippen LogP contribution in [0.25, 0.3) is 5.76 Å². The molecule has 3 rings (SSSR count). The number of ketones is 1. The average molecular weight is 447 g/mol. The van der Waals surface area contributed by atoms with Crippen LogP contribution in [-0.4, -0.2) is 61.2 Å². The first-order valence-corrected chi connectivity index (χ1v) is 9.91. The third kappa shape index (κ3) is 4.35. The van der Waals surface area contributed by atoms with Crippen molar-refractivity contribution in [3.63, 3.8) is 0 Å². The second kappa shape index (κ2) is 9.80. The number of Topliss-reactive ketones (excluding diaryl/α,β-unsaturated/α-hetero) is 1. The molecule has 0 aliphatic carbocycles. The number of carbonyl (C=O) groups is 2. The Balaban J connectivity index is 2.20. The maximum Gasteiger partial charge on any atom is 0.295 e. The highest BCUT2D eigenvalue weighted by Gasteiger charge is 2.46. The molecule has 1 unspecified atom stereocenters. The molecule has 0 radical (unpaired) electrons. The van der Waals surface area contributed by atoms with E-state index < -0.39 is 17.7 Å². The second-order valence-electron chi connectivity index (χ2n) is 6.81. The summed E-state index contributed by atoms with van der Waals surface area (Å²) < 4.78 is 15.7. The normalized spacial score (nSPS) is 17.8. The number of amides is 1. The van der Waals surface area contributed by atoms with Crippen molar-refractivity contribution in [2.45, 2.75) is 12.5 Å². The van der Waals surface area contributed by atoms with E-state index in [0.717, 1.165) is 0 Å². The van der Waals surface area contributed by atoms with Gasteiger partial charge < -0.3 is 24.2 Å². The quantitative estimate of drug-likeness (QED) is 0.288. The number of benzene rings is 1. The summed E-state index contributed by atoms with van der Waals surface area (Å²) in [7, 11) is 4.41. The van der Waals surface area contributed by atoms with E-state index in [0.29, 0.717) is 18.6 Å². The van der Waals surface area contributed by atoms with E-state index in [9.17, 15) is 14.7 Å². The molecule has 0 saturated carbocycles. The molecule has 31 heavy (non-hydrogen) atoms. The third-order valence-corrected chi connectivity index (χ3v) is 5.31. The molecular weight excluding hydrogens is 424 g/mol. The highest BCUT2D eigenvalue weighted by Crippen LogP contribution is 2.42. The molecule has 9 heteroatoms. The number of nitrogens with zero attached hydrogens (tertiary/aromatic N) is 2. The Morgan fingerprint density at radius 1 is 1.19 bits per heavy atom. The van der Waals surface area contributed by atoms with Crippen LogP contribution in [0.3, 0.4) is 0 Å². The fourth-order valence-corrected chi connectivity index (χ4v) is 3.80. The van der Waals surface area contributed by atoms with Gasteiger partial charge in [-0.25, -0.2) is 0 Å². The van der Waals surface area contributed by atoms with Gasteiger partial charge in [-0.05, 0) is 24.1 Å². The number of hydrogen-bond donors (Lipinski definition) is 1. The zero-order chi connectivity index (χ0) is 22.5. The number of likely N-dealkylation sites (tertiary alicyclic amines) is 1. The number of ether oxygens (including phenoxy) is 3. The van der Waals surface area contributed by atoms with Crippen molar-refractivity contribution in [2.24, 2.45) is 0 Å². The van der Waals surface area contributed by atoms with Gasteiger partial charge >= 0.3 is 0 Å². The molecule has 0 bridgehead atoms. The Labute approximate surface area is 185 Å². The van der Waals surface area contributed by atoms with Gasteiger partial charge in [0, 0.05) is 38.7 Å². The van der Waals surface area contributed by atoms with Crippen LogP contribution in [-0.2, 0) is 14.3 Å². The van der Waals surface area contributed by atoms with Crippen molar-refractivity contribution in [1.29, 1.82) is 0 Å². The molecule has 2 heterocycles. The molecule has 1 amide bonds. The minimum Gasteiger partial charge on any atom is -0.507 e. The van der Waals surface area contributed by atoms with E-state index in [4.69, 9.17) is 25.8 Å².